The monoisotopic (exact) mass is 415 g/mol. The van der Waals surface area contributed by atoms with Crippen LogP contribution < -0.4 is 5.32 Å². The first kappa shape index (κ1) is 18.0. The number of amides is 1. The van der Waals surface area contributed by atoms with Gasteiger partial charge in [0.25, 0.3) is 5.91 Å². The van der Waals surface area contributed by atoms with Gasteiger partial charge in [-0.2, -0.15) is 0 Å². The highest BCUT2D eigenvalue weighted by Crippen LogP contribution is 2.35. The zero-order valence-corrected chi connectivity index (χ0v) is 15.4. The molecule has 3 aromatic rings. The van der Waals surface area contributed by atoms with Crippen LogP contribution in [-0.4, -0.2) is 20.9 Å². The van der Waals surface area contributed by atoms with E-state index >= 15 is 0 Å². The van der Waals surface area contributed by atoms with E-state index in [9.17, 15) is 4.79 Å². The van der Waals surface area contributed by atoms with E-state index in [2.05, 4.69) is 15.5 Å². The van der Waals surface area contributed by atoms with Crippen LogP contribution in [0.1, 0.15) is 0 Å². The van der Waals surface area contributed by atoms with Gasteiger partial charge < -0.3 is 9.84 Å². The van der Waals surface area contributed by atoms with Gasteiger partial charge in [0.2, 0.25) is 0 Å². The summed E-state index contributed by atoms with van der Waals surface area (Å²) in [4.78, 5) is 14.4. The Morgan fingerprint density at radius 1 is 1.12 bits per heavy atom. The highest BCUT2D eigenvalue weighted by molar-refractivity contribution is 6.54. The third-order valence-corrected chi connectivity index (χ3v) is 4.24. The molecule has 0 unspecified atom stereocenters. The molecule has 3 rings (SSSR count). The van der Waals surface area contributed by atoms with Gasteiger partial charge in [0.15, 0.2) is 10.6 Å². The van der Waals surface area contributed by atoms with Gasteiger partial charge in [-0.05, 0) is 18.2 Å². The number of rotatable bonds is 4. The molecule has 1 N–H and O–H groups in total. The maximum atomic E-state index is 11.6. The van der Waals surface area contributed by atoms with Gasteiger partial charge in [0.05, 0.1) is 21.9 Å². The number of carbonyl (C=O) groups excluding carboxylic acids is 1. The van der Waals surface area contributed by atoms with Crippen molar-refractivity contribution in [1.82, 2.24) is 10.1 Å². The van der Waals surface area contributed by atoms with Gasteiger partial charge in [-0.15, -0.1) is 0 Å². The summed E-state index contributed by atoms with van der Waals surface area (Å²) in [6, 6.07) is 8.50. The standard InChI is InChI=1S/C16H9Cl4N3O2/c17-10-2-1-3-11(18)14(10)12-5-13(25-23-12)8-4-9(7-21-6-8)22-16(24)15(19)20/h1-7,15H,(H,22,24). The van der Waals surface area contributed by atoms with E-state index in [0.717, 1.165) is 0 Å². The van der Waals surface area contributed by atoms with Gasteiger partial charge in [0, 0.05) is 23.4 Å². The highest BCUT2D eigenvalue weighted by Gasteiger charge is 2.16. The number of nitrogens with one attached hydrogen (secondary N) is 1. The second-order valence-electron chi connectivity index (χ2n) is 4.93. The molecule has 5 nitrogen and oxygen atoms in total. The third kappa shape index (κ3) is 4.07. The largest absolute Gasteiger partial charge is 0.356 e. The molecule has 25 heavy (non-hydrogen) atoms. The molecule has 0 fully saturated rings. The fourth-order valence-electron chi connectivity index (χ4n) is 2.11. The summed E-state index contributed by atoms with van der Waals surface area (Å²) < 4.78 is 5.35. The van der Waals surface area contributed by atoms with E-state index in [1.807, 2.05) is 0 Å². The summed E-state index contributed by atoms with van der Waals surface area (Å²) in [5, 5.41) is 7.46. The van der Waals surface area contributed by atoms with E-state index in [1.165, 1.54) is 6.20 Å². The average molecular weight is 417 g/mol. The number of hydrogen-bond donors (Lipinski definition) is 1. The Kier molecular flexibility index (Phi) is 5.49. The molecule has 9 heteroatoms. The van der Waals surface area contributed by atoms with Crippen LogP contribution in [0, 0.1) is 0 Å². The second-order valence-corrected chi connectivity index (χ2v) is 6.84. The van der Waals surface area contributed by atoms with Crippen molar-refractivity contribution in [1.29, 1.82) is 0 Å². The summed E-state index contributed by atoms with van der Waals surface area (Å²) >= 11 is 23.4. The average Bonchev–Trinajstić information content (AvgIpc) is 3.04. The number of hydrogen-bond acceptors (Lipinski definition) is 4. The molecule has 2 aromatic heterocycles. The van der Waals surface area contributed by atoms with Crippen LogP contribution in [0.25, 0.3) is 22.6 Å². The molecule has 1 aromatic carbocycles. The Morgan fingerprint density at radius 3 is 2.52 bits per heavy atom. The Labute approximate surface area is 162 Å². The van der Waals surface area contributed by atoms with Gasteiger partial charge in [-0.1, -0.05) is 57.6 Å². The molecule has 0 spiro atoms. The Morgan fingerprint density at radius 2 is 1.84 bits per heavy atom. The minimum Gasteiger partial charge on any atom is -0.356 e. The summed E-state index contributed by atoms with van der Waals surface area (Å²) in [6.07, 6.45) is 3.02. The van der Waals surface area contributed by atoms with E-state index in [1.54, 1.807) is 36.5 Å². The molecular formula is C16H9Cl4N3O2. The number of nitrogens with zero attached hydrogens (tertiary/aromatic N) is 2. The van der Waals surface area contributed by atoms with Crippen molar-refractivity contribution in [2.45, 2.75) is 4.84 Å². The number of alkyl halides is 2. The molecule has 128 valence electrons. The first-order chi connectivity index (χ1) is 12.0. The molecule has 0 atom stereocenters. The number of aromatic nitrogens is 2. The predicted octanol–water partition coefficient (Wildman–Crippen LogP) is 5.45. The smallest absolute Gasteiger partial charge is 0.257 e. The topological polar surface area (TPSA) is 68.0 Å². The van der Waals surface area contributed by atoms with Crippen molar-refractivity contribution in [3.05, 3.63) is 52.8 Å². The lowest BCUT2D eigenvalue weighted by molar-refractivity contribution is -0.114. The lowest BCUT2D eigenvalue weighted by Gasteiger charge is -2.05. The molecule has 0 aliphatic heterocycles. The van der Waals surface area contributed by atoms with Crippen LogP contribution in [0.15, 0.2) is 47.2 Å². The van der Waals surface area contributed by atoms with Crippen LogP contribution in [0.3, 0.4) is 0 Å². The first-order valence-corrected chi connectivity index (χ1v) is 8.54. The van der Waals surface area contributed by atoms with Crippen molar-refractivity contribution < 1.29 is 9.32 Å². The minimum atomic E-state index is -1.18. The molecular weight excluding hydrogens is 408 g/mol. The molecule has 0 saturated heterocycles. The number of benzene rings is 1. The summed E-state index contributed by atoms with van der Waals surface area (Å²) in [5.74, 6) is -0.119. The number of carbonyl (C=O) groups is 1. The van der Waals surface area contributed by atoms with Gasteiger partial charge in [-0.25, -0.2) is 0 Å². The molecule has 0 aliphatic carbocycles. The summed E-state index contributed by atoms with van der Waals surface area (Å²) in [7, 11) is 0. The zero-order chi connectivity index (χ0) is 18.0. The zero-order valence-electron chi connectivity index (χ0n) is 12.3. The third-order valence-electron chi connectivity index (χ3n) is 3.22. The van der Waals surface area contributed by atoms with Crippen LogP contribution >= 0.6 is 46.4 Å². The Bertz CT molecular complexity index is 907. The predicted molar refractivity (Wildman–Crippen MR) is 99.3 cm³/mol. The lowest BCUT2D eigenvalue weighted by Crippen LogP contribution is -2.18. The minimum absolute atomic E-state index is 0.419. The fourth-order valence-corrected chi connectivity index (χ4v) is 2.81. The first-order valence-electron chi connectivity index (χ1n) is 6.91. The highest BCUT2D eigenvalue weighted by atomic mass is 35.5. The number of anilines is 1. The van der Waals surface area contributed by atoms with Gasteiger partial charge >= 0.3 is 0 Å². The van der Waals surface area contributed by atoms with E-state index in [0.29, 0.717) is 38.3 Å². The summed E-state index contributed by atoms with van der Waals surface area (Å²) in [5.41, 5.74) is 2.08. The molecule has 0 aliphatic rings. The van der Waals surface area contributed by atoms with Crippen molar-refractivity contribution in [3.63, 3.8) is 0 Å². The quantitative estimate of drug-likeness (QED) is 0.574. The van der Waals surface area contributed by atoms with Crippen LogP contribution in [-0.2, 0) is 4.79 Å². The van der Waals surface area contributed by atoms with Crippen molar-refractivity contribution in [2.75, 3.05) is 5.32 Å². The molecule has 0 saturated carbocycles. The van der Waals surface area contributed by atoms with E-state index in [4.69, 9.17) is 50.9 Å². The van der Waals surface area contributed by atoms with E-state index in [-0.39, 0.29) is 0 Å². The van der Waals surface area contributed by atoms with Crippen molar-refractivity contribution >= 4 is 58.0 Å². The van der Waals surface area contributed by atoms with Crippen LogP contribution in [0.2, 0.25) is 10.0 Å². The Balaban J connectivity index is 1.92. The molecule has 0 radical (unpaired) electrons. The van der Waals surface area contributed by atoms with Crippen molar-refractivity contribution in [2.24, 2.45) is 0 Å². The maximum Gasteiger partial charge on any atom is 0.257 e. The summed E-state index contributed by atoms with van der Waals surface area (Å²) in [6.45, 7) is 0. The van der Waals surface area contributed by atoms with Gasteiger partial charge in [-0.3, -0.25) is 9.78 Å². The van der Waals surface area contributed by atoms with E-state index < -0.39 is 10.7 Å². The van der Waals surface area contributed by atoms with Gasteiger partial charge in [0.1, 0.15) is 5.69 Å². The molecule has 1 amide bonds. The molecule has 0 bridgehead atoms. The number of halogens is 4. The van der Waals surface area contributed by atoms with Crippen LogP contribution in [0.5, 0.6) is 0 Å². The van der Waals surface area contributed by atoms with Crippen LogP contribution in [0.4, 0.5) is 5.69 Å². The maximum absolute atomic E-state index is 11.6. The second kappa shape index (κ2) is 7.62. The van der Waals surface area contributed by atoms with Crippen molar-refractivity contribution in [3.8, 4) is 22.6 Å². The molecule has 2 heterocycles. The SMILES string of the molecule is O=C(Nc1cncc(-c2cc(-c3c(Cl)cccc3Cl)no2)c1)C(Cl)Cl. The Hall–Kier alpha value is -1.79. The lowest BCUT2D eigenvalue weighted by atomic mass is 10.1. The normalized spacial score (nSPS) is 10.9. The number of pyridine rings is 1. The fraction of sp³-hybridized carbons (Fsp3) is 0.0625.